The zero-order valence-electron chi connectivity index (χ0n) is 8.72. The summed E-state index contributed by atoms with van der Waals surface area (Å²) in [7, 11) is 0. The Labute approximate surface area is 97.2 Å². The van der Waals surface area contributed by atoms with E-state index in [2.05, 4.69) is 4.98 Å². The molecule has 0 saturated carbocycles. The Morgan fingerprint density at radius 2 is 2.12 bits per heavy atom. The molecule has 0 bridgehead atoms. The number of rotatable bonds is 2. The molecule has 1 aromatic heterocycles. The molecule has 0 unspecified atom stereocenters. The van der Waals surface area contributed by atoms with Crippen LogP contribution in [0.5, 0.6) is 0 Å². The van der Waals surface area contributed by atoms with Gasteiger partial charge in [0.25, 0.3) is 0 Å². The molecule has 1 heterocycles. The first-order valence-electron chi connectivity index (χ1n) is 4.86. The molecule has 3 nitrogen and oxygen atoms in total. The predicted octanol–water partition coefficient (Wildman–Crippen LogP) is 2.57. The molecule has 0 N–H and O–H groups in total. The summed E-state index contributed by atoms with van der Waals surface area (Å²) in [5.74, 6) is -0.594. The molecule has 82 valence electrons. The first-order valence-corrected chi connectivity index (χ1v) is 4.86. The molecule has 0 aliphatic rings. The van der Waals surface area contributed by atoms with E-state index in [1.54, 1.807) is 24.3 Å². The maximum atomic E-state index is 13.4. The molecular weight excluding hydrogens is 219 g/mol. The lowest BCUT2D eigenvalue weighted by Gasteiger charge is -2.02. The van der Waals surface area contributed by atoms with Gasteiger partial charge in [0, 0.05) is 17.3 Å². The molecule has 4 heteroatoms. The standard InChI is InChI=1S/C13H7FN2O/c14-12-6-10(1-2-11(12)7-15)13-5-9(8-17)3-4-16-13/h1-6,8H. The Kier molecular flexibility index (Phi) is 2.93. The van der Waals surface area contributed by atoms with Gasteiger partial charge in [-0.25, -0.2) is 4.39 Å². The Morgan fingerprint density at radius 1 is 1.29 bits per heavy atom. The largest absolute Gasteiger partial charge is 0.298 e. The van der Waals surface area contributed by atoms with Gasteiger partial charge >= 0.3 is 0 Å². The summed E-state index contributed by atoms with van der Waals surface area (Å²) in [6.45, 7) is 0. The summed E-state index contributed by atoms with van der Waals surface area (Å²) in [4.78, 5) is 14.7. The zero-order chi connectivity index (χ0) is 12.3. The summed E-state index contributed by atoms with van der Waals surface area (Å²) in [5.41, 5.74) is 1.49. The Morgan fingerprint density at radius 3 is 2.76 bits per heavy atom. The Balaban J connectivity index is 2.50. The van der Waals surface area contributed by atoms with E-state index in [9.17, 15) is 9.18 Å². The van der Waals surface area contributed by atoms with Crippen LogP contribution in [0.3, 0.4) is 0 Å². The molecule has 2 aromatic rings. The Hall–Kier alpha value is -2.54. The van der Waals surface area contributed by atoms with Crippen molar-refractivity contribution in [3.63, 3.8) is 0 Å². The number of hydrogen-bond acceptors (Lipinski definition) is 3. The first kappa shape index (κ1) is 11.0. The number of benzene rings is 1. The molecule has 0 atom stereocenters. The highest BCUT2D eigenvalue weighted by Crippen LogP contribution is 2.20. The van der Waals surface area contributed by atoms with Crippen LogP contribution in [-0.2, 0) is 0 Å². The summed E-state index contributed by atoms with van der Waals surface area (Å²) < 4.78 is 13.4. The number of halogens is 1. The van der Waals surface area contributed by atoms with Gasteiger partial charge in [-0.1, -0.05) is 6.07 Å². The third kappa shape index (κ3) is 2.18. The summed E-state index contributed by atoms with van der Waals surface area (Å²) >= 11 is 0. The minimum atomic E-state index is -0.594. The number of nitriles is 1. The van der Waals surface area contributed by atoms with E-state index >= 15 is 0 Å². The van der Waals surface area contributed by atoms with Gasteiger partial charge in [-0.15, -0.1) is 0 Å². The van der Waals surface area contributed by atoms with Crippen LogP contribution in [0, 0.1) is 17.1 Å². The van der Waals surface area contributed by atoms with Gasteiger partial charge in [0.05, 0.1) is 11.3 Å². The number of aldehydes is 1. The topological polar surface area (TPSA) is 53.8 Å². The van der Waals surface area contributed by atoms with Crippen molar-refractivity contribution in [2.75, 3.05) is 0 Å². The van der Waals surface area contributed by atoms with Gasteiger partial charge in [0.2, 0.25) is 0 Å². The molecule has 0 amide bonds. The quantitative estimate of drug-likeness (QED) is 0.739. The van der Waals surface area contributed by atoms with Crippen LogP contribution in [0.2, 0.25) is 0 Å². The van der Waals surface area contributed by atoms with E-state index in [4.69, 9.17) is 5.26 Å². The molecule has 2 rings (SSSR count). The van der Waals surface area contributed by atoms with Crippen molar-refractivity contribution in [2.45, 2.75) is 0 Å². The van der Waals surface area contributed by atoms with E-state index in [1.807, 2.05) is 0 Å². The van der Waals surface area contributed by atoms with E-state index in [-0.39, 0.29) is 5.56 Å². The first-order chi connectivity index (χ1) is 8.24. The maximum Gasteiger partial charge on any atom is 0.150 e. The number of carbonyl (C=O) groups excluding carboxylic acids is 1. The van der Waals surface area contributed by atoms with Crippen molar-refractivity contribution in [1.29, 1.82) is 5.26 Å². The fourth-order valence-electron chi connectivity index (χ4n) is 1.44. The van der Waals surface area contributed by atoms with Crippen LogP contribution < -0.4 is 0 Å². The SMILES string of the molecule is N#Cc1ccc(-c2cc(C=O)ccn2)cc1F. The van der Waals surface area contributed by atoms with Crippen LogP contribution in [0.25, 0.3) is 11.3 Å². The molecule has 0 spiro atoms. The molecule has 0 fully saturated rings. The zero-order valence-corrected chi connectivity index (χ0v) is 8.72. The van der Waals surface area contributed by atoms with Gasteiger partial charge in [-0.3, -0.25) is 9.78 Å². The average Bonchev–Trinajstić information content (AvgIpc) is 2.38. The summed E-state index contributed by atoms with van der Waals surface area (Å²) in [6, 6.07) is 9.09. The highest BCUT2D eigenvalue weighted by Gasteiger charge is 2.05. The second-order valence-electron chi connectivity index (χ2n) is 3.40. The highest BCUT2D eigenvalue weighted by atomic mass is 19.1. The normalized spacial score (nSPS) is 9.65. The minimum Gasteiger partial charge on any atom is -0.298 e. The smallest absolute Gasteiger partial charge is 0.150 e. The Bertz CT molecular complexity index is 617. The molecule has 0 aliphatic carbocycles. The van der Waals surface area contributed by atoms with Crippen LogP contribution in [0.1, 0.15) is 15.9 Å². The number of carbonyl (C=O) groups is 1. The van der Waals surface area contributed by atoms with Crippen molar-refractivity contribution >= 4 is 6.29 Å². The molecule has 17 heavy (non-hydrogen) atoms. The third-order valence-corrected chi connectivity index (χ3v) is 2.31. The van der Waals surface area contributed by atoms with Gasteiger partial charge in [-0.05, 0) is 24.3 Å². The lowest BCUT2D eigenvalue weighted by molar-refractivity contribution is 0.112. The van der Waals surface area contributed by atoms with Gasteiger partial charge in [0.1, 0.15) is 18.2 Å². The number of aromatic nitrogens is 1. The second kappa shape index (κ2) is 4.54. The molecule has 0 aliphatic heterocycles. The van der Waals surface area contributed by atoms with Crippen molar-refractivity contribution in [2.24, 2.45) is 0 Å². The van der Waals surface area contributed by atoms with Crippen LogP contribution >= 0.6 is 0 Å². The fourth-order valence-corrected chi connectivity index (χ4v) is 1.44. The molecule has 0 radical (unpaired) electrons. The van der Waals surface area contributed by atoms with Gasteiger partial charge < -0.3 is 0 Å². The van der Waals surface area contributed by atoms with Gasteiger partial charge in [-0.2, -0.15) is 5.26 Å². The predicted molar refractivity (Wildman–Crippen MR) is 59.7 cm³/mol. The minimum absolute atomic E-state index is 0.0136. The van der Waals surface area contributed by atoms with Crippen molar-refractivity contribution in [3.05, 3.63) is 53.5 Å². The number of nitrogens with zero attached hydrogens (tertiary/aromatic N) is 2. The molecule has 1 aromatic carbocycles. The van der Waals surface area contributed by atoms with Gasteiger partial charge in [0.15, 0.2) is 0 Å². The van der Waals surface area contributed by atoms with Crippen molar-refractivity contribution in [3.8, 4) is 17.3 Å². The maximum absolute atomic E-state index is 13.4. The van der Waals surface area contributed by atoms with Crippen molar-refractivity contribution in [1.82, 2.24) is 4.98 Å². The van der Waals surface area contributed by atoms with Crippen molar-refractivity contribution < 1.29 is 9.18 Å². The van der Waals surface area contributed by atoms with Crippen LogP contribution in [0.4, 0.5) is 4.39 Å². The fraction of sp³-hybridized carbons (Fsp3) is 0. The highest BCUT2D eigenvalue weighted by molar-refractivity contribution is 5.77. The molecular formula is C13H7FN2O. The average molecular weight is 226 g/mol. The third-order valence-electron chi connectivity index (χ3n) is 2.31. The summed E-state index contributed by atoms with van der Waals surface area (Å²) in [5, 5.41) is 8.61. The second-order valence-corrected chi connectivity index (χ2v) is 3.40. The van der Waals surface area contributed by atoms with E-state index in [0.29, 0.717) is 23.1 Å². The van der Waals surface area contributed by atoms with Crippen LogP contribution in [-0.4, -0.2) is 11.3 Å². The lowest BCUT2D eigenvalue weighted by Crippen LogP contribution is -1.89. The number of hydrogen-bond donors (Lipinski definition) is 0. The number of pyridine rings is 1. The molecule has 0 saturated heterocycles. The van der Waals surface area contributed by atoms with E-state index < -0.39 is 5.82 Å². The monoisotopic (exact) mass is 226 g/mol. The lowest BCUT2D eigenvalue weighted by atomic mass is 10.1. The van der Waals surface area contributed by atoms with Crippen LogP contribution in [0.15, 0.2) is 36.5 Å². The van der Waals surface area contributed by atoms with E-state index in [0.717, 1.165) is 0 Å². The summed E-state index contributed by atoms with van der Waals surface area (Å²) in [6.07, 6.45) is 2.18. The van der Waals surface area contributed by atoms with E-state index in [1.165, 1.54) is 18.3 Å².